The Bertz CT molecular complexity index is 369. The normalized spacial score (nSPS) is 21.8. The van der Waals surface area contributed by atoms with Gasteiger partial charge in [0, 0.05) is 26.7 Å². The summed E-state index contributed by atoms with van der Waals surface area (Å²) in [5.74, 6) is -0.231. The van der Waals surface area contributed by atoms with Gasteiger partial charge in [-0.05, 0) is 19.8 Å². The number of methoxy groups -OCH3 is 1. The van der Waals surface area contributed by atoms with Crippen LogP contribution in [0.2, 0.25) is 0 Å². The number of carbonyl (C=O) groups is 1. The molecule has 1 amide bonds. The Balaban J connectivity index is 2.51. The van der Waals surface area contributed by atoms with Crippen LogP contribution >= 0.6 is 0 Å². The predicted molar refractivity (Wildman–Crippen MR) is 68.6 cm³/mol. The summed E-state index contributed by atoms with van der Waals surface area (Å²) in [6, 6.07) is 0. The van der Waals surface area contributed by atoms with Crippen LogP contribution < -0.4 is 5.32 Å². The summed E-state index contributed by atoms with van der Waals surface area (Å²) in [5, 5.41) is 2.76. The number of ether oxygens (including phenoxy) is 1. The molecule has 0 unspecified atom stereocenters. The summed E-state index contributed by atoms with van der Waals surface area (Å²) >= 11 is 0. The molecular weight excluding hydrogens is 256 g/mol. The van der Waals surface area contributed by atoms with E-state index in [4.69, 9.17) is 4.74 Å². The highest BCUT2D eigenvalue weighted by Gasteiger charge is 2.31. The minimum atomic E-state index is -3.18. The number of carbonyl (C=O) groups excluding carboxylic acids is 1. The lowest BCUT2D eigenvalue weighted by Gasteiger charge is -2.30. The van der Waals surface area contributed by atoms with Crippen molar-refractivity contribution >= 4 is 15.9 Å². The molecule has 1 rings (SSSR count). The molecule has 0 aromatic carbocycles. The Morgan fingerprint density at radius 2 is 2.22 bits per heavy atom. The summed E-state index contributed by atoms with van der Waals surface area (Å²) in [6.07, 6.45) is 1.48. The van der Waals surface area contributed by atoms with Crippen molar-refractivity contribution in [3.05, 3.63) is 0 Å². The molecule has 6 nitrogen and oxygen atoms in total. The van der Waals surface area contributed by atoms with Crippen LogP contribution in [0.15, 0.2) is 0 Å². The molecule has 18 heavy (non-hydrogen) atoms. The van der Waals surface area contributed by atoms with E-state index in [2.05, 4.69) is 5.32 Å². The topological polar surface area (TPSA) is 75.7 Å². The van der Waals surface area contributed by atoms with Crippen LogP contribution in [-0.2, 0) is 19.6 Å². The molecule has 0 aromatic heterocycles. The lowest BCUT2D eigenvalue weighted by molar-refractivity contribution is -0.126. The first-order valence-electron chi connectivity index (χ1n) is 6.25. The van der Waals surface area contributed by atoms with Crippen molar-refractivity contribution in [1.29, 1.82) is 0 Å². The highest BCUT2D eigenvalue weighted by atomic mass is 32.2. The summed E-state index contributed by atoms with van der Waals surface area (Å²) in [7, 11) is -1.61. The van der Waals surface area contributed by atoms with Gasteiger partial charge >= 0.3 is 0 Å². The van der Waals surface area contributed by atoms with Crippen LogP contribution in [0.4, 0.5) is 0 Å². The second-order valence-electron chi connectivity index (χ2n) is 4.38. The zero-order chi connectivity index (χ0) is 13.6. The van der Waals surface area contributed by atoms with Crippen molar-refractivity contribution in [3.63, 3.8) is 0 Å². The Kier molecular flexibility index (Phi) is 6.04. The Morgan fingerprint density at radius 3 is 2.83 bits per heavy atom. The smallest absolute Gasteiger partial charge is 0.224 e. The van der Waals surface area contributed by atoms with Gasteiger partial charge in [-0.1, -0.05) is 0 Å². The molecule has 1 heterocycles. The third kappa shape index (κ3) is 4.22. The SMILES string of the molecule is CCS(=O)(=O)N1CCC[C@H](C(=O)NCCOC)C1. The lowest BCUT2D eigenvalue weighted by atomic mass is 9.99. The average molecular weight is 278 g/mol. The Hall–Kier alpha value is -0.660. The van der Waals surface area contributed by atoms with Gasteiger partial charge in [0.05, 0.1) is 18.3 Å². The van der Waals surface area contributed by atoms with Gasteiger partial charge in [0.2, 0.25) is 15.9 Å². The quantitative estimate of drug-likeness (QED) is 0.683. The standard InChI is InChI=1S/C11H22N2O4S/c1-3-18(15,16)13-7-4-5-10(9-13)11(14)12-6-8-17-2/h10H,3-9H2,1-2H3,(H,12,14)/t10-/m0/s1. The van der Waals surface area contributed by atoms with E-state index in [0.717, 1.165) is 12.8 Å². The first-order chi connectivity index (χ1) is 8.51. The highest BCUT2D eigenvalue weighted by Crippen LogP contribution is 2.19. The molecule has 0 saturated carbocycles. The van der Waals surface area contributed by atoms with Crippen molar-refractivity contribution in [3.8, 4) is 0 Å². The van der Waals surface area contributed by atoms with E-state index in [1.165, 1.54) is 4.31 Å². The van der Waals surface area contributed by atoms with Crippen LogP contribution in [0.1, 0.15) is 19.8 Å². The molecule has 0 aromatic rings. The van der Waals surface area contributed by atoms with Crippen molar-refractivity contribution in [2.45, 2.75) is 19.8 Å². The first kappa shape index (κ1) is 15.4. The van der Waals surface area contributed by atoms with Gasteiger partial charge in [-0.3, -0.25) is 4.79 Å². The fourth-order valence-electron chi connectivity index (χ4n) is 2.01. The zero-order valence-corrected chi connectivity index (χ0v) is 11.8. The number of sulfonamides is 1. The molecule has 0 spiro atoms. The molecular formula is C11H22N2O4S. The highest BCUT2D eigenvalue weighted by molar-refractivity contribution is 7.89. The molecule has 106 valence electrons. The van der Waals surface area contributed by atoms with Gasteiger partial charge in [-0.15, -0.1) is 0 Å². The van der Waals surface area contributed by atoms with Crippen LogP contribution in [0, 0.1) is 5.92 Å². The molecule has 1 aliphatic rings. The number of amides is 1. The fourth-order valence-corrected chi connectivity index (χ4v) is 3.19. The van der Waals surface area contributed by atoms with Gasteiger partial charge in [-0.2, -0.15) is 0 Å². The van der Waals surface area contributed by atoms with E-state index in [1.807, 2.05) is 0 Å². The molecule has 1 saturated heterocycles. The van der Waals surface area contributed by atoms with Crippen LogP contribution in [0.3, 0.4) is 0 Å². The van der Waals surface area contributed by atoms with Crippen molar-refractivity contribution in [1.82, 2.24) is 9.62 Å². The van der Waals surface area contributed by atoms with E-state index in [-0.39, 0.29) is 17.6 Å². The van der Waals surface area contributed by atoms with Gasteiger partial charge in [0.1, 0.15) is 0 Å². The summed E-state index contributed by atoms with van der Waals surface area (Å²) in [4.78, 5) is 11.8. The number of hydrogen-bond donors (Lipinski definition) is 1. The van der Waals surface area contributed by atoms with E-state index in [9.17, 15) is 13.2 Å². The minimum Gasteiger partial charge on any atom is -0.383 e. The Morgan fingerprint density at radius 1 is 1.50 bits per heavy atom. The van der Waals surface area contributed by atoms with E-state index in [0.29, 0.717) is 26.2 Å². The van der Waals surface area contributed by atoms with Crippen LogP contribution in [0.25, 0.3) is 0 Å². The predicted octanol–water partition coefficient (Wildman–Crippen LogP) is -0.189. The molecule has 1 aliphatic heterocycles. The van der Waals surface area contributed by atoms with Crippen molar-refractivity contribution < 1.29 is 17.9 Å². The molecule has 0 bridgehead atoms. The van der Waals surface area contributed by atoms with Crippen LogP contribution in [-0.4, -0.2) is 57.7 Å². The summed E-state index contributed by atoms with van der Waals surface area (Å²) < 4.78 is 29.8. The minimum absolute atomic E-state index is 0.0805. The fraction of sp³-hybridized carbons (Fsp3) is 0.909. The Labute approximate surface area is 109 Å². The first-order valence-corrected chi connectivity index (χ1v) is 7.86. The third-order valence-corrected chi connectivity index (χ3v) is 4.97. The third-order valence-electron chi connectivity index (χ3n) is 3.12. The number of rotatable bonds is 6. The maximum Gasteiger partial charge on any atom is 0.224 e. The number of hydrogen-bond acceptors (Lipinski definition) is 4. The molecule has 1 fully saturated rings. The van der Waals surface area contributed by atoms with Crippen LogP contribution in [0.5, 0.6) is 0 Å². The van der Waals surface area contributed by atoms with Crippen molar-refractivity contribution in [2.75, 3.05) is 39.1 Å². The van der Waals surface area contributed by atoms with E-state index >= 15 is 0 Å². The van der Waals surface area contributed by atoms with E-state index < -0.39 is 10.0 Å². The maximum atomic E-state index is 11.8. The summed E-state index contributed by atoms with van der Waals surface area (Å²) in [6.45, 7) is 3.38. The van der Waals surface area contributed by atoms with Gasteiger partial charge < -0.3 is 10.1 Å². The summed E-state index contributed by atoms with van der Waals surface area (Å²) in [5.41, 5.74) is 0. The van der Waals surface area contributed by atoms with Crippen molar-refractivity contribution in [2.24, 2.45) is 5.92 Å². The largest absolute Gasteiger partial charge is 0.383 e. The molecule has 7 heteroatoms. The second-order valence-corrected chi connectivity index (χ2v) is 6.64. The monoisotopic (exact) mass is 278 g/mol. The van der Waals surface area contributed by atoms with Gasteiger partial charge in [0.15, 0.2) is 0 Å². The van der Waals surface area contributed by atoms with E-state index in [1.54, 1.807) is 14.0 Å². The van der Waals surface area contributed by atoms with Gasteiger partial charge in [-0.25, -0.2) is 12.7 Å². The second kappa shape index (κ2) is 7.06. The van der Waals surface area contributed by atoms with Gasteiger partial charge in [0.25, 0.3) is 0 Å². The molecule has 0 radical (unpaired) electrons. The number of nitrogens with zero attached hydrogens (tertiary/aromatic N) is 1. The molecule has 1 N–H and O–H groups in total. The zero-order valence-electron chi connectivity index (χ0n) is 11.0. The molecule has 1 atom stereocenters. The number of nitrogens with one attached hydrogen (secondary N) is 1. The average Bonchev–Trinajstić information content (AvgIpc) is 2.39. The maximum absolute atomic E-state index is 11.8. The molecule has 0 aliphatic carbocycles. The lowest BCUT2D eigenvalue weighted by Crippen LogP contribution is -2.46. The number of piperidine rings is 1.